The maximum atomic E-state index is 14.0. The van der Waals surface area contributed by atoms with Gasteiger partial charge in [0.2, 0.25) is 0 Å². The molecule has 1 N–H and O–H groups in total. The van der Waals surface area contributed by atoms with Crippen molar-refractivity contribution in [2.24, 2.45) is 0 Å². The molecule has 0 aliphatic carbocycles. The first-order valence-electron chi connectivity index (χ1n) is 18.5. The molecule has 1 heterocycles. The van der Waals surface area contributed by atoms with Crippen LogP contribution in [-0.2, 0) is 4.79 Å². The van der Waals surface area contributed by atoms with Gasteiger partial charge in [-0.1, -0.05) is 133 Å². The van der Waals surface area contributed by atoms with Crippen molar-refractivity contribution in [3.63, 3.8) is 0 Å². The summed E-state index contributed by atoms with van der Waals surface area (Å²) >= 11 is 0. The van der Waals surface area contributed by atoms with Gasteiger partial charge in [-0.2, -0.15) is 0 Å². The van der Waals surface area contributed by atoms with E-state index in [1.165, 1.54) is 94.6 Å². The lowest BCUT2D eigenvalue weighted by molar-refractivity contribution is -0.118. The minimum atomic E-state index is -1.28. The molecule has 0 saturated heterocycles. The van der Waals surface area contributed by atoms with Crippen LogP contribution in [0.25, 0.3) is 11.0 Å². The normalized spacial score (nSPS) is 11.8. The fraction of sp³-hybridized carbons (Fsp3) is 0.512. The van der Waals surface area contributed by atoms with E-state index in [9.17, 15) is 9.59 Å². The number of aryl methyl sites for hydroxylation is 1. The Hall–Kier alpha value is -4.20. The summed E-state index contributed by atoms with van der Waals surface area (Å²) in [7, 11) is 1.57. The van der Waals surface area contributed by atoms with Crippen molar-refractivity contribution < 1.29 is 19.1 Å². The number of carbonyl (C=O) groups is 2. The summed E-state index contributed by atoms with van der Waals surface area (Å²) in [5.74, 6) is 0.272. The van der Waals surface area contributed by atoms with E-state index in [0.29, 0.717) is 40.4 Å². The summed E-state index contributed by atoms with van der Waals surface area (Å²) in [6.07, 6.45) is 21.1. The Kier molecular flexibility index (Phi) is 16.1. The van der Waals surface area contributed by atoms with Crippen molar-refractivity contribution >= 4 is 28.4 Å². The highest BCUT2D eigenvalue weighted by atomic mass is 16.5. The summed E-state index contributed by atoms with van der Waals surface area (Å²) in [6.45, 7) is 4.76. The molecule has 0 aliphatic rings. The zero-order valence-electron chi connectivity index (χ0n) is 29.9. The molecule has 0 saturated carbocycles. The third-order valence-electron chi connectivity index (χ3n) is 9.22. The standard InChI is InChI=1S/C41H56N4O4/c1-4-5-6-7-8-9-10-11-12-13-14-15-16-17-18-21-31-49-37-26-20-19-24-35(37)42-41(47)39(40(46)33-27-29-34(48-3)30-28-33)45-36-25-22-23-32(2)38(36)43-44-45/h19-20,22-30,39H,4-18,21,31H2,1-3H3,(H,42,47). The van der Waals surface area contributed by atoms with Crippen LogP contribution >= 0.6 is 0 Å². The fourth-order valence-electron chi connectivity index (χ4n) is 6.27. The molecule has 8 nitrogen and oxygen atoms in total. The average molecular weight is 669 g/mol. The van der Waals surface area contributed by atoms with Gasteiger partial charge in [-0.15, -0.1) is 5.10 Å². The number of fused-ring (bicyclic) bond motifs is 1. The van der Waals surface area contributed by atoms with Crippen LogP contribution < -0.4 is 14.8 Å². The van der Waals surface area contributed by atoms with Crippen LogP contribution in [0.2, 0.25) is 0 Å². The van der Waals surface area contributed by atoms with Gasteiger partial charge in [-0.3, -0.25) is 9.59 Å². The number of rotatable bonds is 24. The smallest absolute Gasteiger partial charge is 0.257 e. The summed E-state index contributed by atoms with van der Waals surface area (Å²) in [4.78, 5) is 27.9. The topological polar surface area (TPSA) is 95.3 Å². The van der Waals surface area contributed by atoms with E-state index in [2.05, 4.69) is 22.6 Å². The van der Waals surface area contributed by atoms with Crippen molar-refractivity contribution in [2.75, 3.05) is 19.0 Å². The van der Waals surface area contributed by atoms with Crippen molar-refractivity contribution in [3.05, 3.63) is 77.9 Å². The molecular formula is C41H56N4O4. The van der Waals surface area contributed by atoms with E-state index in [-0.39, 0.29) is 0 Å². The Morgan fingerprint density at radius 2 is 1.33 bits per heavy atom. The maximum Gasteiger partial charge on any atom is 0.257 e. The summed E-state index contributed by atoms with van der Waals surface area (Å²) < 4.78 is 12.8. The quantitative estimate of drug-likeness (QED) is 0.0453. The Bertz CT molecular complexity index is 1570. The molecule has 1 aromatic heterocycles. The molecule has 0 spiro atoms. The molecule has 8 heteroatoms. The van der Waals surface area contributed by atoms with E-state index in [4.69, 9.17) is 9.47 Å². The second kappa shape index (κ2) is 21.0. The van der Waals surface area contributed by atoms with E-state index in [0.717, 1.165) is 18.4 Å². The zero-order chi connectivity index (χ0) is 34.7. The monoisotopic (exact) mass is 668 g/mol. The van der Waals surface area contributed by atoms with Crippen LogP contribution in [0.3, 0.4) is 0 Å². The third-order valence-corrected chi connectivity index (χ3v) is 9.22. The van der Waals surface area contributed by atoms with Crippen molar-refractivity contribution in [1.82, 2.24) is 15.0 Å². The number of unbranched alkanes of at least 4 members (excludes halogenated alkanes) is 15. The van der Waals surface area contributed by atoms with Crippen LogP contribution in [0.1, 0.15) is 132 Å². The molecule has 3 aromatic carbocycles. The van der Waals surface area contributed by atoms with E-state index >= 15 is 0 Å². The van der Waals surface area contributed by atoms with Crippen LogP contribution in [0.15, 0.2) is 66.7 Å². The molecule has 49 heavy (non-hydrogen) atoms. The Morgan fingerprint density at radius 1 is 0.735 bits per heavy atom. The highest BCUT2D eigenvalue weighted by molar-refractivity contribution is 6.16. The number of Topliss-reactive ketones (excluding diaryl/α,β-unsaturated/α-hetero) is 1. The molecule has 0 fully saturated rings. The fourth-order valence-corrected chi connectivity index (χ4v) is 6.27. The van der Waals surface area contributed by atoms with Gasteiger partial charge in [0.15, 0.2) is 11.8 Å². The molecule has 1 atom stereocenters. The predicted octanol–water partition coefficient (Wildman–Crippen LogP) is 10.5. The minimum absolute atomic E-state index is 0.366. The van der Waals surface area contributed by atoms with Crippen LogP contribution in [0.5, 0.6) is 11.5 Å². The summed E-state index contributed by atoms with van der Waals surface area (Å²) in [6, 6.07) is 18.4. The lowest BCUT2D eigenvalue weighted by Crippen LogP contribution is -2.33. The number of nitrogens with one attached hydrogen (secondary N) is 1. The minimum Gasteiger partial charge on any atom is -0.497 e. The molecule has 0 bridgehead atoms. The van der Waals surface area contributed by atoms with Gasteiger partial charge in [-0.05, 0) is 61.4 Å². The number of hydrogen-bond acceptors (Lipinski definition) is 6. The molecule has 0 aliphatic heterocycles. The Balaban J connectivity index is 1.24. The first-order valence-corrected chi connectivity index (χ1v) is 18.5. The summed E-state index contributed by atoms with van der Waals surface area (Å²) in [5.41, 5.74) is 3.04. The third kappa shape index (κ3) is 11.7. The first kappa shape index (κ1) is 37.6. The lowest BCUT2D eigenvalue weighted by atomic mass is 10.0. The number of amides is 1. The van der Waals surface area contributed by atoms with Gasteiger partial charge < -0.3 is 14.8 Å². The number of carbonyl (C=O) groups excluding carboxylic acids is 2. The Morgan fingerprint density at radius 3 is 1.94 bits per heavy atom. The second-order valence-electron chi connectivity index (χ2n) is 13.1. The maximum absolute atomic E-state index is 14.0. The molecule has 1 unspecified atom stereocenters. The SMILES string of the molecule is CCCCCCCCCCCCCCCCCCOc1ccccc1NC(=O)C(C(=O)c1ccc(OC)cc1)n1nnc2c(C)cccc21. The molecule has 264 valence electrons. The van der Waals surface area contributed by atoms with Gasteiger partial charge in [0.05, 0.1) is 24.9 Å². The van der Waals surface area contributed by atoms with Crippen molar-refractivity contribution in [1.29, 1.82) is 0 Å². The highest BCUT2D eigenvalue weighted by Gasteiger charge is 2.33. The number of anilines is 1. The van der Waals surface area contributed by atoms with E-state index < -0.39 is 17.7 Å². The van der Waals surface area contributed by atoms with Crippen LogP contribution in [-0.4, -0.2) is 40.4 Å². The van der Waals surface area contributed by atoms with Crippen LogP contribution in [0, 0.1) is 6.92 Å². The van der Waals surface area contributed by atoms with Crippen molar-refractivity contribution in [2.45, 2.75) is 123 Å². The molecular weight excluding hydrogens is 612 g/mol. The largest absolute Gasteiger partial charge is 0.497 e. The van der Waals surface area contributed by atoms with E-state index in [1.807, 2.05) is 43.3 Å². The highest BCUT2D eigenvalue weighted by Crippen LogP contribution is 2.28. The number of ether oxygens (including phenoxy) is 2. The molecule has 0 radical (unpaired) electrons. The first-order chi connectivity index (χ1) is 24.0. The number of ketones is 1. The number of hydrogen-bond donors (Lipinski definition) is 1. The summed E-state index contributed by atoms with van der Waals surface area (Å²) in [5, 5.41) is 11.5. The van der Waals surface area contributed by atoms with Gasteiger partial charge in [-0.25, -0.2) is 4.68 Å². The zero-order valence-corrected chi connectivity index (χ0v) is 29.9. The number of nitrogens with zero attached hydrogens (tertiary/aromatic N) is 3. The molecule has 4 rings (SSSR count). The average Bonchev–Trinajstić information content (AvgIpc) is 3.55. The number of aromatic nitrogens is 3. The molecule has 4 aromatic rings. The van der Waals surface area contributed by atoms with Gasteiger partial charge in [0.25, 0.3) is 5.91 Å². The van der Waals surface area contributed by atoms with Gasteiger partial charge >= 0.3 is 0 Å². The molecule has 1 amide bonds. The predicted molar refractivity (Wildman–Crippen MR) is 199 cm³/mol. The van der Waals surface area contributed by atoms with Crippen molar-refractivity contribution in [3.8, 4) is 11.5 Å². The number of methoxy groups -OCH3 is 1. The van der Waals surface area contributed by atoms with Gasteiger partial charge in [0.1, 0.15) is 17.0 Å². The van der Waals surface area contributed by atoms with E-state index in [1.54, 1.807) is 37.4 Å². The Labute approximate surface area is 293 Å². The lowest BCUT2D eigenvalue weighted by Gasteiger charge is -2.19. The van der Waals surface area contributed by atoms with Gasteiger partial charge in [0, 0.05) is 5.56 Å². The van der Waals surface area contributed by atoms with Crippen LogP contribution in [0.4, 0.5) is 5.69 Å². The number of para-hydroxylation sites is 2. The number of benzene rings is 3. The second-order valence-corrected chi connectivity index (χ2v) is 13.1.